The van der Waals surface area contributed by atoms with Crippen molar-refractivity contribution in [2.24, 2.45) is 0 Å². The molecule has 6 heteroatoms. The zero-order chi connectivity index (χ0) is 16.7. The number of anilines is 2. The standard InChI is InChI=1S/C17H26N4O2/c1-3-9-19-16(22)14-12-13(20-17(23)18-4-2)7-8-15(14)21-10-5-6-11-21/h7-8,12H,3-6,9-11H2,1-2H3,(H,19,22)(H2,18,20,23). The smallest absolute Gasteiger partial charge is 0.319 e. The fourth-order valence-corrected chi connectivity index (χ4v) is 2.70. The average molecular weight is 318 g/mol. The fourth-order valence-electron chi connectivity index (χ4n) is 2.70. The number of carbonyl (C=O) groups is 2. The minimum Gasteiger partial charge on any atom is -0.371 e. The van der Waals surface area contributed by atoms with E-state index in [0.717, 1.165) is 38.0 Å². The summed E-state index contributed by atoms with van der Waals surface area (Å²) in [5, 5.41) is 8.37. The highest BCUT2D eigenvalue weighted by molar-refractivity contribution is 6.02. The molecule has 0 unspecified atom stereocenters. The van der Waals surface area contributed by atoms with Crippen LogP contribution in [0.2, 0.25) is 0 Å². The van der Waals surface area contributed by atoms with Crippen molar-refractivity contribution < 1.29 is 9.59 Å². The van der Waals surface area contributed by atoms with Crippen molar-refractivity contribution in [2.45, 2.75) is 33.1 Å². The first-order chi connectivity index (χ1) is 11.2. The Hall–Kier alpha value is -2.24. The molecule has 126 valence electrons. The summed E-state index contributed by atoms with van der Waals surface area (Å²) in [5.74, 6) is -0.0895. The molecule has 0 bridgehead atoms. The third kappa shape index (κ3) is 4.61. The van der Waals surface area contributed by atoms with Gasteiger partial charge in [-0.05, 0) is 44.4 Å². The lowest BCUT2D eigenvalue weighted by Gasteiger charge is -2.22. The van der Waals surface area contributed by atoms with E-state index in [1.54, 1.807) is 6.07 Å². The third-order valence-corrected chi connectivity index (χ3v) is 3.82. The number of urea groups is 1. The maximum absolute atomic E-state index is 12.5. The highest BCUT2D eigenvalue weighted by Gasteiger charge is 2.20. The quantitative estimate of drug-likeness (QED) is 0.755. The van der Waals surface area contributed by atoms with E-state index in [2.05, 4.69) is 20.9 Å². The molecule has 2 rings (SSSR count). The van der Waals surface area contributed by atoms with Crippen LogP contribution < -0.4 is 20.9 Å². The molecule has 1 aliphatic heterocycles. The zero-order valence-electron chi connectivity index (χ0n) is 13.9. The number of benzene rings is 1. The van der Waals surface area contributed by atoms with E-state index in [1.807, 2.05) is 26.0 Å². The molecule has 1 aliphatic rings. The first-order valence-electron chi connectivity index (χ1n) is 8.37. The lowest BCUT2D eigenvalue weighted by Crippen LogP contribution is -2.30. The van der Waals surface area contributed by atoms with Gasteiger partial charge in [-0.2, -0.15) is 0 Å². The van der Waals surface area contributed by atoms with Crippen molar-refractivity contribution in [1.82, 2.24) is 10.6 Å². The van der Waals surface area contributed by atoms with Crippen molar-refractivity contribution in [3.05, 3.63) is 23.8 Å². The number of nitrogens with zero attached hydrogens (tertiary/aromatic N) is 1. The molecule has 1 aromatic rings. The van der Waals surface area contributed by atoms with Crippen LogP contribution in [0.25, 0.3) is 0 Å². The van der Waals surface area contributed by atoms with Crippen LogP contribution >= 0.6 is 0 Å². The van der Waals surface area contributed by atoms with Crippen molar-refractivity contribution >= 4 is 23.3 Å². The van der Waals surface area contributed by atoms with Gasteiger partial charge in [0, 0.05) is 37.6 Å². The summed E-state index contributed by atoms with van der Waals surface area (Å²) >= 11 is 0. The number of amides is 3. The van der Waals surface area contributed by atoms with Gasteiger partial charge in [0.25, 0.3) is 5.91 Å². The summed E-state index contributed by atoms with van der Waals surface area (Å²) in [7, 11) is 0. The van der Waals surface area contributed by atoms with E-state index >= 15 is 0 Å². The Morgan fingerprint density at radius 3 is 2.52 bits per heavy atom. The predicted molar refractivity (Wildman–Crippen MR) is 93.2 cm³/mol. The summed E-state index contributed by atoms with van der Waals surface area (Å²) in [5.41, 5.74) is 2.19. The number of hydrogen-bond donors (Lipinski definition) is 3. The lowest BCUT2D eigenvalue weighted by molar-refractivity contribution is 0.0954. The third-order valence-electron chi connectivity index (χ3n) is 3.82. The van der Waals surface area contributed by atoms with Crippen molar-refractivity contribution in [1.29, 1.82) is 0 Å². The Kier molecular flexibility index (Phi) is 6.26. The molecule has 23 heavy (non-hydrogen) atoms. The van der Waals surface area contributed by atoms with Gasteiger partial charge in [0.2, 0.25) is 0 Å². The van der Waals surface area contributed by atoms with Gasteiger partial charge in [-0.15, -0.1) is 0 Å². The maximum atomic E-state index is 12.5. The summed E-state index contributed by atoms with van der Waals surface area (Å²) in [6, 6.07) is 5.27. The molecule has 1 saturated heterocycles. The highest BCUT2D eigenvalue weighted by atomic mass is 16.2. The van der Waals surface area contributed by atoms with Gasteiger partial charge in [0.05, 0.1) is 5.56 Å². The molecule has 0 aromatic heterocycles. The predicted octanol–water partition coefficient (Wildman–Crippen LogP) is 2.57. The topological polar surface area (TPSA) is 73.5 Å². The molecule has 3 N–H and O–H groups in total. The van der Waals surface area contributed by atoms with E-state index in [9.17, 15) is 9.59 Å². The number of nitrogens with one attached hydrogen (secondary N) is 3. The molecular weight excluding hydrogens is 292 g/mol. The zero-order valence-corrected chi connectivity index (χ0v) is 13.9. The molecule has 0 spiro atoms. The van der Waals surface area contributed by atoms with E-state index in [0.29, 0.717) is 24.3 Å². The SMILES string of the molecule is CCCNC(=O)c1cc(NC(=O)NCC)ccc1N1CCCC1. The van der Waals surface area contributed by atoms with Gasteiger partial charge in [-0.25, -0.2) is 4.79 Å². The molecular formula is C17H26N4O2. The first kappa shape index (κ1) is 17.1. The van der Waals surface area contributed by atoms with Gasteiger partial charge >= 0.3 is 6.03 Å². The molecule has 6 nitrogen and oxygen atoms in total. The van der Waals surface area contributed by atoms with Crippen LogP contribution in [-0.2, 0) is 0 Å². The van der Waals surface area contributed by atoms with Gasteiger partial charge in [0.15, 0.2) is 0 Å². The normalized spacial score (nSPS) is 13.7. The van der Waals surface area contributed by atoms with Crippen LogP contribution in [0.4, 0.5) is 16.2 Å². The van der Waals surface area contributed by atoms with Crippen LogP contribution in [0.3, 0.4) is 0 Å². The molecule has 0 saturated carbocycles. The molecule has 1 aromatic carbocycles. The molecule has 0 atom stereocenters. The number of hydrogen-bond acceptors (Lipinski definition) is 3. The fraction of sp³-hybridized carbons (Fsp3) is 0.529. The van der Waals surface area contributed by atoms with Crippen LogP contribution in [0, 0.1) is 0 Å². The Morgan fingerprint density at radius 2 is 1.87 bits per heavy atom. The van der Waals surface area contributed by atoms with Crippen LogP contribution in [0.1, 0.15) is 43.5 Å². The lowest BCUT2D eigenvalue weighted by atomic mass is 10.1. The second-order valence-corrected chi connectivity index (χ2v) is 5.67. The van der Waals surface area contributed by atoms with E-state index < -0.39 is 0 Å². The summed E-state index contributed by atoms with van der Waals surface area (Å²) in [6.45, 7) is 7.02. The molecule has 1 heterocycles. The molecule has 0 aliphatic carbocycles. The first-order valence-corrected chi connectivity index (χ1v) is 8.37. The highest BCUT2D eigenvalue weighted by Crippen LogP contribution is 2.27. The summed E-state index contributed by atoms with van der Waals surface area (Å²) < 4.78 is 0. The number of rotatable bonds is 6. The molecule has 0 radical (unpaired) electrons. The maximum Gasteiger partial charge on any atom is 0.319 e. The number of carbonyl (C=O) groups excluding carboxylic acids is 2. The van der Waals surface area contributed by atoms with Crippen LogP contribution in [0.5, 0.6) is 0 Å². The Bertz CT molecular complexity index is 554. The minimum absolute atomic E-state index is 0.0895. The van der Waals surface area contributed by atoms with Gasteiger partial charge in [0.1, 0.15) is 0 Å². The Balaban J connectivity index is 2.23. The van der Waals surface area contributed by atoms with E-state index in [4.69, 9.17) is 0 Å². The monoisotopic (exact) mass is 318 g/mol. The average Bonchev–Trinajstić information content (AvgIpc) is 3.07. The summed E-state index contributed by atoms with van der Waals surface area (Å²) in [6.07, 6.45) is 3.19. The van der Waals surface area contributed by atoms with Gasteiger partial charge in [-0.3, -0.25) is 4.79 Å². The van der Waals surface area contributed by atoms with E-state index in [-0.39, 0.29) is 11.9 Å². The molecule has 1 fully saturated rings. The van der Waals surface area contributed by atoms with Crippen LogP contribution in [-0.4, -0.2) is 38.1 Å². The second kappa shape index (κ2) is 8.41. The largest absolute Gasteiger partial charge is 0.371 e. The van der Waals surface area contributed by atoms with Crippen molar-refractivity contribution in [3.8, 4) is 0 Å². The Morgan fingerprint density at radius 1 is 1.13 bits per heavy atom. The van der Waals surface area contributed by atoms with Gasteiger partial charge < -0.3 is 20.9 Å². The van der Waals surface area contributed by atoms with Crippen LogP contribution in [0.15, 0.2) is 18.2 Å². The van der Waals surface area contributed by atoms with Crippen molar-refractivity contribution in [3.63, 3.8) is 0 Å². The summed E-state index contributed by atoms with van der Waals surface area (Å²) in [4.78, 5) is 26.4. The molecule has 3 amide bonds. The second-order valence-electron chi connectivity index (χ2n) is 5.67. The Labute approximate surface area is 137 Å². The van der Waals surface area contributed by atoms with Gasteiger partial charge in [-0.1, -0.05) is 6.92 Å². The minimum atomic E-state index is -0.263. The van der Waals surface area contributed by atoms with E-state index in [1.165, 1.54) is 0 Å². The van der Waals surface area contributed by atoms with Crippen molar-refractivity contribution in [2.75, 3.05) is 36.4 Å².